The lowest BCUT2D eigenvalue weighted by Crippen LogP contribution is -2.53. The van der Waals surface area contributed by atoms with Gasteiger partial charge in [-0.2, -0.15) is 0 Å². The van der Waals surface area contributed by atoms with Crippen molar-refractivity contribution in [3.8, 4) is 0 Å². The fourth-order valence-electron chi connectivity index (χ4n) is 2.09. The van der Waals surface area contributed by atoms with Crippen LogP contribution in [0.15, 0.2) is 12.1 Å². The van der Waals surface area contributed by atoms with Gasteiger partial charge in [0, 0.05) is 12.1 Å². The molecule has 0 spiro atoms. The van der Waals surface area contributed by atoms with Crippen LogP contribution in [-0.2, 0) is 9.53 Å². The van der Waals surface area contributed by atoms with E-state index in [1.54, 1.807) is 0 Å². The third-order valence-electron chi connectivity index (χ3n) is 3.05. The van der Waals surface area contributed by atoms with E-state index in [1.807, 2.05) is 0 Å². The van der Waals surface area contributed by atoms with E-state index in [9.17, 15) is 13.6 Å². The number of halogens is 2. The van der Waals surface area contributed by atoms with Crippen molar-refractivity contribution in [3.05, 3.63) is 29.3 Å². The second-order valence-electron chi connectivity index (χ2n) is 4.34. The molecule has 0 bridgehead atoms. The number of ether oxygens (including phenoxy) is 1. The molecule has 1 unspecified atom stereocenters. The third-order valence-corrected chi connectivity index (χ3v) is 3.28. The molecule has 1 aromatic carbocycles. The number of primary amides is 1. The van der Waals surface area contributed by atoms with Crippen molar-refractivity contribution in [3.63, 3.8) is 0 Å². The second kappa shape index (κ2) is 5.68. The van der Waals surface area contributed by atoms with Gasteiger partial charge in [0.15, 0.2) is 0 Å². The number of morpholine rings is 1. The number of amides is 1. The molecule has 1 aromatic rings. The zero-order chi connectivity index (χ0) is 14.9. The average molecular weight is 301 g/mol. The van der Waals surface area contributed by atoms with Gasteiger partial charge in [-0.1, -0.05) is 12.2 Å². The van der Waals surface area contributed by atoms with Crippen molar-refractivity contribution in [1.82, 2.24) is 0 Å². The van der Waals surface area contributed by atoms with Crippen molar-refractivity contribution < 1.29 is 18.3 Å². The van der Waals surface area contributed by atoms with E-state index in [2.05, 4.69) is 12.2 Å². The van der Waals surface area contributed by atoms with Gasteiger partial charge >= 0.3 is 0 Å². The Kier molecular flexibility index (Phi) is 4.15. The summed E-state index contributed by atoms with van der Waals surface area (Å²) in [5.74, 6) is -2.40. The van der Waals surface area contributed by atoms with Gasteiger partial charge in [-0.05, 0) is 12.1 Å². The van der Waals surface area contributed by atoms with Gasteiger partial charge in [0.25, 0.3) is 0 Å². The van der Waals surface area contributed by atoms with E-state index in [4.69, 9.17) is 16.2 Å². The van der Waals surface area contributed by atoms with Crippen LogP contribution in [-0.4, -0.2) is 36.7 Å². The molecule has 1 atom stereocenters. The molecule has 0 radical (unpaired) electrons. The molecule has 1 aliphatic rings. The molecule has 1 saturated heterocycles. The van der Waals surface area contributed by atoms with Gasteiger partial charge in [0.05, 0.1) is 13.2 Å². The summed E-state index contributed by atoms with van der Waals surface area (Å²) in [6.45, 7) is 0.402. The van der Waals surface area contributed by atoms with Gasteiger partial charge in [-0.3, -0.25) is 4.79 Å². The van der Waals surface area contributed by atoms with E-state index >= 15 is 0 Å². The summed E-state index contributed by atoms with van der Waals surface area (Å²) < 4.78 is 33.3. The van der Waals surface area contributed by atoms with Crippen molar-refractivity contribution in [1.29, 1.82) is 0 Å². The molecule has 108 valence electrons. The monoisotopic (exact) mass is 301 g/mol. The number of nitrogens with zero attached hydrogens (tertiary/aromatic N) is 1. The summed E-state index contributed by atoms with van der Waals surface area (Å²) in [5, 5.41) is 0. The zero-order valence-electron chi connectivity index (χ0n) is 10.4. The summed E-state index contributed by atoms with van der Waals surface area (Å²) in [5.41, 5.74) is 10.3. The molecule has 0 saturated carbocycles. The largest absolute Gasteiger partial charge is 0.389 e. The van der Waals surface area contributed by atoms with Gasteiger partial charge in [0.1, 0.15) is 28.4 Å². The predicted molar refractivity (Wildman–Crippen MR) is 73.4 cm³/mol. The van der Waals surface area contributed by atoms with E-state index in [1.165, 1.54) is 4.90 Å². The molecule has 0 aliphatic carbocycles. The smallest absolute Gasteiger partial charge is 0.242 e. The first-order chi connectivity index (χ1) is 9.41. The summed E-state index contributed by atoms with van der Waals surface area (Å²) in [6.07, 6.45) is 0. The maximum absolute atomic E-state index is 14.1. The molecule has 2 rings (SSSR count). The fraction of sp³-hybridized carbons (Fsp3) is 0.333. The minimum Gasteiger partial charge on any atom is -0.389 e. The normalized spacial score (nSPS) is 18.9. The Bertz CT molecular complexity index is 545. The topological polar surface area (TPSA) is 81.6 Å². The number of carbonyl (C=O) groups excluding carboxylic acids is 1. The number of thiocarbonyl (C=S) groups is 1. The van der Waals surface area contributed by atoms with Gasteiger partial charge in [0.2, 0.25) is 5.91 Å². The van der Waals surface area contributed by atoms with Crippen molar-refractivity contribution in [2.24, 2.45) is 11.5 Å². The highest BCUT2D eigenvalue weighted by atomic mass is 32.1. The molecule has 0 aromatic heterocycles. The van der Waals surface area contributed by atoms with Crippen LogP contribution in [0, 0.1) is 11.6 Å². The third kappa shape index (κ3) is 2.70. The molecule has 1 aliphatic heterocycles. The number of rotatable bonds is 3. The van der Waals surface area contributed by atoms with Crippen molar-refractivity contribution in [2.45, 2.75) is 6.04 Å². The highest BCUT2D eigenvalue weighted by molar-refractivity contribution is 7.80. The number of carbonyl (C=O) groups is 1. The Morgan fingerprint density at radius 1 is 1.35 bits per heavy atom. The average Bonchev–Trinajstić information content (AvgIpc) is 2.38. The van der Waals surface area contributed by atoms with Crippen LogP contribution in [0.25, 0.3) is 0 Å². The minimum atomic E-state index is -0.913. The summed E-state index contributed by atoms with van der Waals surface area (Å²) >= 11 is 4.68. The zero-order valence-corrected chi connectivity index (χ0v) is 11.3. The van der Waals surface area contributed by atoms with Crippen LogP contribution >= 0.6 is 12.2 Å². The Morgan fingerprint density at radius 3 is 2.45 bits per heavy atom. The highest BCUT2D eigenvalue weighted by Gasteiger charge is 2.31. The molecule has 4 N–H and O–H groups in total. The van der Waals surface area contributed by atoms with Crippen LogP contribution in [0.2, 0.25) is 0 Å². The van der Waals surface area contributed by atoms with Gasteiger partial charge < -0.3 is 21.1 Å². The number of nitrogens with two attached hydrogens (primary N) is 2. The second-order valence-corrected chi connectivity index (χ2v) is 4.78. The first kappa shape index (κ1) is 14.6. The number of hydrogen-bond donors (Lipinski definition) is 2. The maximum atomic E-state index is 14.1. The van der Waals surface area contributed by atoms with Crippen LogP contribution < -0.4 is 16.4 Å². The standard InChI is InChI=1S/C12H13F2N3O2S/c13-7-3-6(12(16)20)4-8(14)10(7)17-1-2-19-5-9(17)11(15)18/h3-4,9H,1-2,5H2,(H2,15,18)(H2,16,20). The summed E-state index contributed by atoms with van der Waals surface area (Å²) in [6, 6.07) is 1.16. The number of benzene rings is 1. The van der Waals surface area contributed by atoms with Crippen LogP contribution in [0.4, 0.5) is 14.5 Å². The SMILES string of the molecule is NC(=O)C1COCCN1c1c(F)cc(C(N)=S)cc1F. The first-order valence-corrected chi connectivity index (χ1v) is 6.25. The van der Waals surface area contributed by atoms with E-state index in [-0.39, 0.29) is 36.0 Å². The summed E-state index contributed by atoms with van der Waals surface area (Å²) in [7, 11) is 0. The van der Waals surface area contributed by atoms with E-state index in [0.29, 0.717) is 0 Å². The highest BCUT2D eigenvalue weighted by Crippen LogP contribution is 2.28. The molecule has 1 fully saturated rings. The predicted octanol–water partition coefficient (Wildman–Crippen LogP) is 0.289. The first-order valence-electron chi connectivity index (χ1n) is 5.84. The minimum absolute atomic E-state index is 0.00866. The lowest BCUT2D eigenvalue weighted by Gasteiger charge is -2.35. The lowest BCUT2D eigenvalue weighted by atomic mass is 10.1. The van der Waals surface area contributed by atoms with E-state index in [0.717, 1.165) is 12.1 Å². The molecular weight excluding hydrogens is 288 g/mol. The van der Waals surface area contributed by atoms with Crippen LogP contribution in [0.5, 0.6) is 0 Å². The Labute approximate surface area is 119 Å². The Hall–Kier alpha value is -1.80. The molecule has 1 heterocycles. The Morgan fingerprint density at radius 2 is 1.95 bits per heavy atom. The molecule has 20 heavy (non-hydrogen) atoms. The summed E-state index contributed by atoms with van der Waals surface area (Å²) in [4.78, 5) is 12.5. The maximum Gasteiger partial charge on any atom is 0.242 e. The van der Waals surface area contributed by atoms with Crippen LogP contribution in [0.1, 0.15) is 5.56 Å². The Balaban J connectivity index is 2.45. The van der Waals surface area contributed by atoms with E-state index < -0.39 is 23.6 Å². The fourth-order valence-corrected chi connectivity index (χ4v) is 2.21. The van der Waals surface area contributed by atoms with Crippen molar-refractivity contribution >= 4 is 28.8 Å². The van der Waals surface area contributed by atoms with Crippen LogP contribution in [0.3, 0.4) is 0 Å². The quantitative estimate of drug-likeness (QED) is 0.784. The van der Waals surface area contributed by atoms with Crippen molar-refractivity contribution in [2.75, 3.05) is 24.7 Å². The lowest BCUT2D eigenvalue weighted by molar-refractivity contribution is -0.121. The number of hydrogen-bond acceptors (Lipinski definition) is 4. The molecule has 5 nitrogen and oxygen atoms in total. The number of anilines is 1. The molecule has 8 heteroatoms. The van der Waals surface area contributed by atoms with Gasteiger partial charge in [-0.25, -0.2) is 8.78 Å². The van der Waals surface area contributed by atoms with Gasteiger partial charge in [-0.15, -0.1) is 0 Å². The molecule has 1 amide bonds. The molecular formula is C12H13F2N3O2S.